The number of nitrogens with one attached hydrogen (secondary N) is 1. The maximum atomic E-state index is 13.9. The summed E-state index contributed by atoms with van der Waals surface area (Å²) in [5.74, 6) is -0.0985. The van der Waals surface area contributed by atoms with Gasteiger partial charge in [0.15, 0.2) is 0 Å². The van der Waals surface area contributed by atoms with Gasteiger partial charge in [-0.3, -0.25) is 0 Å². The summed E-state index contributed by atoms with van der Waals surface area (Å²) < 4.78 is 13.9. The zero-order valence-corrected chi connectivity index (χ0v) is 10.7. The van der Waals surface area contributed by atoms with Crippen LogP contribution in [0.1, 0.15) is 31.7 Å². The van der Waals surface area contributed by atoms with E-state index in [1.807, 2.05) is 19.2 Å². The first-order chi connectivity index (χ1) is 8.27. The topological polar surface area (TPSA) is 15.3 Å². The lowest BCUT2D eigenvalue weighted by Gasteiger charge is -2.28. The van der Waals surface area contributed by atoms with Crippen molar-refractivity contribution in [2.75, 3.05) is 18.5 Å². The second-order valence-electron chi connectivity index (χ2n) is 4.67. The summed E-state index contributed by atoms with van der Waals surface area (Å²) in [5.41, 5.74) is 1.87. The van der Waals surface area contributed by atoms with Crippen LogP contribution in [0.25, 0.3) is 0 Å². The third-order valence-electron chi connectivity index (χ3n) is 3.61. The van der Waals surface area contributed by atoms with Crippen molar-refractivity contribution in [2.24, 2.45) is 0 Å². The van der Waals surface area contributed by atoms with E-state index >= 15 is 0 Å². The zero-order valence-electron chi connectivity index (χ0n) is 10.7. The van der Waals surface area contributed by atoms with Gasteiger partial charge >= 0.3 is 0 Å². The Kier molecular flexibility index (Phi) is 4.00. The lowest BCUT2D eigenvalue weighted by atomic mass is 10.1. The van der Waals surface area contributed by atoms with Gasteiger partial charge in [0.25, 0.3) is 0 Å². The molecule has 0 amide bonds. The lowest BCUT2D eigenvalue weighted by molar-refractivity contribution is 0.593. The molecule has 3 heteroatoms. The molecule has 0 bridgehead atoms. The second kappa shape index (κ2) is 5.50. The summed E-state index contributed by atoms with van der Waals surface area (Å²) in [6.45, 7) is 3.85. The number of rotatable bonds is 4. The molecule has 1 aromatic carbocycles. The minimum atomic E-state index is -0.0985. The molecule has 0 aliphatic carbocycles. The Morgan fingerprint density at radius 3 is 3.00 bits per heavy atom. The summed E-state index contributed by atoms with van der Waals surface area (Å²) in [4.78, 5) is 2.37. The molecule has 1 unspecified atom stereocenters. The lowest BCUT2D eigenvalue weighted by Crippen LogP contribution is -2.30. The second-order valence-corrected chi connectivity index (χ2v) is 4.67. The average Bonchev–Trinajstić information content (AvgIpc) is 2.80. The fraction of sp³-hybridized carbons (Fsp3) is 0.571. The Balaban J connectivity index is 2.33. The summed E-state index contributed by atoms with van der Waals surface area (Å²) >= 11 is 0. The molecule has 1 N–H and O–H groups in total. The molecule has 0 aromatic heterocycles. The van der Waals surface area contributed by atoms with E-state index in [4.69, 9.17) is 0 Å². The van der Waals surface area contributed by atoms with Gasteiger partial charge in [-0.15, -0.1) is 0 Å². The summed E-state index contributed by atoms with van der Waals surface area (Å²) in [6.07, 6.45) is 3.58. The maximum absolute atomic E-state index is 13.9. The Morgan fingerprint density at radius 2 is 2.29 bits per heavy atom. The standard InChI is InChI=1S/C14H21FN2/c1-3-11-6-5-9-17(11)14-8-4-7-13(15)12(14)10-16-2/h4,7-8,11,16H,3,5-6,9-10H2,1-2H3. The molecule has 0 spiro atoms. The van der Waals surface area contributed by atoms with E-state index in [2.05, 4.69) is 17.1 Å². The summed E-state index contributed by atoms with van der Waals surface area (Å²) in [6, 6.07) is 5.98. The molecule has 1 aliphatic rings. The van der Waals surface area contributed by atoms with Crippen molar-refractivity contribution in [1.82, 2.24) is 5.32 Å². The van der Waals surface area contributed by atoms with Gasteiger partial charge < -0.3 is 10.2 Å². The van der Waals surface area contributed by atoms with Crippen LogP contribution in [0.15, 0.2) is 18.2 Å². The highest BCUT2D eigenvalue weighted by molar-refractivity contribution is 5.55. The molecule has 0 saturated carbocycles. The number of benzene rings is 1. The molecule has 17 heavy (non-hydrogen) atoms. The van der Waals surface area contributed by atoms with Crippen molar-refractivity contribution in [3.05, 3.63) is 29.6 Å². The van der Waals surface area contributed by atoms with E-state index in [0.29, 0.717) is 12.6 Å². The molecule has 0 radical (unpaired) electrons. The molecular formula is C14H21FN2. The van der Waals surface area contributed by atoms with Crippen molar-refractivity contribution in [1.29, 1.82) is 0 Å². The van der Waals surface area contributed by atoms with E-state index < -0.39 is 0 Å². The number of halogens is 1. The number of anilines is 1. The highest BCUT2D eigenvalue weighted by atomic mass is 19.1. The molecule has 1 aromatic rings. The van der Waals surface area contributed by atoms with Crippen LogP contribution < -0.4 is 10.2 Å². The van der Waals surface area contributed by atoms with E-state index in [1.54, 1.807) is 6.07 Å². The van der Waals surface area contributed by atoms with Crippen LogP contribution in [0.5, 0.6) is 0 Å². The molecule has 94 valence electrons. The van der Waals surface area contributed by atoms with Crippen molar-refractivity contribution in [2.45, 2.75) is 38.8 Å². The van der Waals surface area contributed by atoms with Gasteiger partial charge in [0.1, 0.15) is 5.82 Å². The van der Waals surface area contributed by atoms with Crippen LogP contribution in [0, 0.1) is 5.82 Å². The van der Waals surface area contributed by atoms with Crippen LogP contribution in [-0.2, 0) is 6.54 Å². The van der Waals surface area contributed by atoms with Crippen molar-refractivity contribution < 1.29 is 4.39 Å². The summed E-state index contributed by atoms with van der Waals surface area (Å²) in [7, 11) is 1.86. The van der Waals surface area contributed by atoms with Gasteiger partial charge in [0.2, 0.25) is 0 Å². The Bertz CT molecular complexity index is 378. The van der Waals surface area contributed by atoms with Crippen LogP contribution >= 0.6 is 0 Å². The number of hydrogen-bond donors (Lipinski definition) is 1. The van der Waals surface area contributed by atoms with E-state index in [-0.39, 0.29) is 5.82 Å². The Morgan fingerprint density at radius 1 is 1.47 bits per heavy atom. The third-order valence-corrected chi connectivity index (χ3v) is 3.61. The molecule has 1 saturated heterocycles. The van der Waals surface area contributed by atoms with Gasteiger partial charge in [0, 0.05) is 30.4 Å². The zero-order chi connectivity index (χ0) is 12.3. The molecule has 1 fully saturated rings. The van der Waals surface area contributed by atoms with Crippen molar-refractivity contribution in [3.8, 4) is 0 Å². The SMILES string of the molecule is CCC1CCCN1c1cccc(F)c1CNC. The molecule has 1 atom stereocenters. The van der Waals surface area contributed by atoms with Crippen LogP contribution in [0.2, 0.25) is 0 Å². The number of hydrogen-bond acceptors (Lipinski definition) is 2. The van der Waals surface area contributed by atoms with E-state index in [1.165, 1.54) is 12.8 Å². The highest BCUT2D eigenvalue weighted by Gasteiger charge is 2.25. The first-order valence-electron chi connectivity index (χ1n) is 6.46. The van der Waals surface area contributed by atoms with E-state index in [9.17, 15) is 4.39 Å². The third kappa shape index (κ3) is 2.44. The molecular weight excluding hydrogens is 215 g/mol. The molecule has 1 heterocycles. The van der Waals surface area contributed by atoms with Crippen molar-refractivity contribution in [3.63, 3.8) is 0 Å². The van der Waals surface area contributed by atoms with Gasteiger partial charge in [-0.25, -0.2) is 4.39 Å². The normalized spacial score (nSPS) is 19.9. The first-order valence-corrected chi connectivity index (χ1v) is 6.46. The largest absolute Gasteiger partial charge is 0.368 e. The van der Waals surface area contributed by atoms with Crippen molar-refractivity contribution >= 4 is 5.69 Å². The predicted molar refractivity (Wildman–Crippen MR) is 69.8 cm³/mol. The van der Waals surface area contributed by atoms with Gasteiger partial charge in [-0.2, -0.15) is 0 Å². The van der Waals surface area contributed by atoms with E-state index in [0.717, 1.165) is 24.2 Å². The van der Waals surface area contributed by atoms with Gasteiger partial charge in [-0.1, -0.05) is 13.0 Å². The fourth-order valence-corrected chi connectivity index (χ4v) is 2.75. The fourth-order valence-electron chi connectivity index (χ4n) is 2.75. The molecule has 2 rings (SSSR count). The van der Waals surface area contributed by atoms with Crippen LogP contribution in [0.4, 0.5) is 10.1 Å². The highest BCUT2D eigenvalue weighted by Crippen LogP contribution is 2.31. The Hall–Kier alpha value is -1.09. The maximum Gasteiger partial charge on any atom is 0.129 e. The van der Waals surface area contributed by atoms with Crippen LogP contribution in [0.3, 0.4) is 0 Å². The average molecular weight is 236 g/mol. The Labute approximate surface area is 103 Å². The minimum Gasteiger partial charge on any atom is -0.368 e. The molecule has 1 aliphatic heterocycles. The summed E-state index contributed by atoms with van der Waals surface area (Å²) in [5, 5.41) is 3.05. The number of nitrogens with zero attached hydrogens (tertiary/aromatic N) is 1. The van der Waals surface area contributed by atoms with Gasteiger partial charge in [0.05, 0.1) is 0 Å². The quantitative estimate of drug-likeness (QED) is 0.864. The monoisotopic (exact) mass is 236 g/mol. The minimum absolute atomic E-state index is 0.0985. The molecule has 2 nitrogen and oxygen atoms in total. The van der Waals surface area contributed by atoms with Gasteiger partial charge in [-0.05, 0) is 38.4 Å². The first kappa shape index (κ1) is 12.4. The predicted octanol–water partition coefficient (Wildman–Crippen LogP) is 2.92. The van der Waals surface area contributed by atoms with Crippen LogP contribution in [-0.4, -0.2) is 19.6 Å². The smallest absolute Gasteiger partial charge is 0.129 e.